The first kappa shape index (κ1) is 21.1. The Balaban J connectivity index is 0.944. The van der Waals surface area contributed by atoms with E-state index in [1.807, 2.05) is 0 Å². The molecule has 10 fully saturated rings. The van der Waals surface area contributed by atoms with Gasteiger partial charge in [-0.05, 0) is 0 Å². The van der Waals surface area contributed by atoms with Crippen molar-refractivity contribution in [3.05, 3.63) is 53.2 Å². The van der Waals surface area contributed by atoms with Crippen molar-refractivity contribution in [3.8, 4) is 11.3 Å². The second-order valence-electron chi connectivity index (χ2n) is 15.9. The van der Waals surface area contributed by atoms with Crippen LogP contribution in [0.2, 0.25) is 47.2 Å². The Bertz CT molecular complexity index is 1940. The van der Waals surface area contributed by atoms with E-state index >= 15 is 0 Å². The van der Waals surface area contributed by atoms with Gasteiger partial charge in [0.25, 0.3) is 0 Å². The average molecular weight is 591 g/mol. The zero-order chi connectivity index (χ0) is 26.9. The molecule has 1 spiro atoms. The van der Waals surface area contributed by atoms with E-state index in [1.165, 1.54) is 12.1 Å². The minimum absolute atomic E-state index is 0.0625. The van der Waals surface area contributed by atoms with Crippen molar-refractivity contribution >= 4 is 0 Å². The Kier molecular flexibility index (Phi) is 1.67. The molecule has 1 aromatic carbocycles. The molecule has 210 valence electrons. The van der Waals surface area contributed by atoms with Crippen molar-refractivity contribution in [3.63, 3.8) is 0 Å². The maximum atomic E-state index is 14.3. The summed E-state index contributed by atoms with van der Waals surface area (Å²) in [6.45, 7) is -1.68. The van der Waals surface area contributed by atoms with Gasteiger partial charge in [-0.15, -0.1) is 0 Å². The van der Waals surface area contributed by atoms with Gasteiger partial charge in [-0.2, -0.15) is 13.2 Å². The number of pyridine rings is 1. The molecule has 39 heavy (non-hydrogen) atoms. The normalized spacial score (nSPS) is 62.3. The quantitative estimate of drug-likeness (QED) is 0.178. The van der Waals surface area contributed by atoms with Gasteiger partial charge in [0.2, 0.25) is 0 Å². The van der Waals surface area contributed by atoms with Crippen LogP contribution in [0.25, 0.3) is 11.3 Å². The third kappa shape index (κ3) is 0.550. The number of aliphatic hydroxyl groups is 1. The summed E-state index contributed by atoms with van der Waals surface area (Å²) in [6, 6.07) is 6.65. The topological polar surface area (TPSA) is 71.2 Å². The fourth-order valence-electron chi connectivity index (χ4n) is 21.3. The second kappa shape index (κ2) is 3.08. The molecule has 0 saturated carbocycles. The predicted molar refractivity (Wildman–Crippen MR) is 127 cm³/mol. The molecule has 5 unspecified atom stereocenters. The van der Waals surface area contributed by atoms with E-state index in [9.17, 15) is 31.4 Å². The molecule has 11 heterocycles. The summed E-state index contributed by atoms with van der Waals surface area (Å²) < 4.78 is 82.3. The number of fused-ring (bicyclic) bond motifs is 10. The van der Waals surface area contributed by atoms with Gasteiger partial charge in [0, 0.05) is 0 Å². The molecule has 12 rings (SSSR count). The summed E-state index contributed by atoms with van der Waals surface area (Å²) in [6.07, 6.45) is -10.2. The van der Waals surface area contributed by atoms with E-state index in [0.717, 1.165) is 75.9 Å². The molecule has 11 heteroatoms. The van der Waals surface area contributed by atoms with Crippen molar-refractivity contribution in [2.24, 2.45) is 5.73 Å². The molecule has 10 saturated heterocycles. The summed E-state index contributed by atoms with van der Waals surface area (Å²) in [5, 5.41) is 15.2. The Labute approximate surface area is 210 Å². The van der Waals surface area contributed by atoms with Crippen molar-refractivity contribution in [2.45, 2.75) is 72.0 Å². The Morgan fingerprint density at radius 3 is 2.00 bits per heavy atom. The number of rotatable bonds is 8. The standard InChI is InChI=1S/C23H22F6N3O.C5H5.Fe/c24-22(25,26)17-6-4-14(5-7-17)19-9-8-18(21(32-19)23(27,28)29)20(33)12-15-2-1-3-16(15)13-31-11-10-30;1-2-4-5-3-1;/h1-9,20,31,33H,10-13,30H2;1-5H;/t20-;;/m1../s1. The van der Waals surface area contributed by atoms with Gasteiger partial charge in [-0.1, -0.05) is 0 Å². The van der Waals surface area contributed by atoms with Gasteiger partial charge in [-0.25, -0.2) is 0 Å². The third-order valence-corrected chi connectivity index (χ3v) is 63.8. The van der Waals surface area contributed by atoms with Gasteiger partial charge >= 0.3 is 197 Å². The number of halogens is 6. The molecule has 2 aromatic rings. The van der Waals surface area contributed by atoms with Gasteiger partial charge in [0.15, 0.2) is 0 Å². The SMILES string of the molecule is NCCNC[C]12[CH]3[CH]4[CH]5[C]1(C[C@@H](O)c1ccc(-c6ccc(C(F)(F)F)cc6)nc1C(F)(F)F)[Fe]43521678[CH]2[CH]1[CH]6[CH]7[CH]28. The molecular formula is C28H27F6FeN3O. The van der Waals surface area contributed by atoms with Crippen LogP contribution < -0.4 is 11.1 Å². The Morgan fingerprint density at radius 1 is 0.872 bits per heavy atom. The van der Waals surface area contributed by atoms with Gasteiger partial charge < -0.3 is 0 Å². The summed E-state index contributed by atoms with van der Waals surface area (Å²) in [5.74, 6) is 0. The molecule has 4 N–H and O–H groups in total. The molecule has 0 aliphatic carbocycles. The molecule has 10 aliphatic heterocycles. The number of hydrogen-bond donors (Lipinski definition) is 3. The zero-order valence-corrected chi connectivity index (χ0v) is 21.7. The molecule has 6 atom stereocenters. The monoisotopic (exact) mass is 591 g/mol. The summed E-state index contributed by atoms with van der Waals surface area (Å²) >= 11 is 0. The fourth-order valence-corrected chi connectivity index (χ4v) is 98.8. The number of benzene rings is 1. The van der Waals surface area contributed by atoms with E-state index in [2.05, 4.69) is 10.3 Å². The van der Waals surface area contributed by atoms with Crippen LogP contribution in [0.15, 0.2) is 36.4 Å². The first-order chi connectivity index (χ1) is 18.2. The van der Waals surface area contributed by atoms with Crippen molar-refractivity contribution in [1.29, 1.82) is 0 Å². The Hall–Kier alpha value is -1.65. The van der Waals surface area contributed by atoms with Crippen molar-refractivity contribution in [1.82, 2.24) is 10.3 Å². The van der Waals surface area contributed by atoms with Crippen molar-refractivity contribution < 1.29 is 38.0 Å². The average Bonchev–Trinajstić information content (AvgIpc) is 3.84. The molecule has 10 aliphatic rings. The van der Waals surface area contributed by atoms with Crippen molar-refractivity contribution in [2.75, 3.05) is 19.6 Å². The minimum atomic E-state index is -4.80. The van der Waals surface area contributed by atoms with E-state index in [1.54, 1.807) is 0 Å². The number of nitrogens with zero attached hydrogens (tertiary/aromatic N) is 1. The fraction of sp³-hybridized carbons (Fsp3) is 0.607. The molecule has 0 radical (unpaired) electrons. The molecule has 0 amide bonds. The third-order valence-electron chi connectivity index (χ3n) is 19.8. The first-order valence-electron chi connectivity index (χ1n) is 13.7. The second-order valence-corrected chi connectivity index (χ2v) is 39.4. The number of nitrogens with two attached hydrogens (primary N) is 1. The Morgan fingerprint density at radius 2 is 1.49 bits per heavy atom. The van der Waals surface area contributed by atoms with Gasteiger partial charge in [0.1, 0.15) is 0 Å². The van der Waals surface area contributed by atoms with Gasteiger partial charge in [-0.3, -0.25) is 0 Å². The van der Waals surface area contributed by atoms with Crippen LogP contribution >= 0.6 is 0 Å². The summed E-state index contributed by atoms with van der Waals surface area (Å²) in [7, 11) is 0. The van der Waals surface area contributed by atoms with Crippen LogP contribution in [0.1, 0.15) is 29.3 Å². The molecule has 0 bridgehead atoms. The van der Waals surface area contributed by atoms with E-state index < -0.39 is 36.2 Å². The van der Waals surface area contributed by atoms with E-state index in [-0.39, 0.29) is 21.1 Å². The summed E-state index contributed by atoms with van der Waals surface area (Å²) in [4.78, 5) is 11.2. The number of nitrogens with one attached hydrogen (secondary N) is 1. The van der Waals surface area contributed by atoms with E-state index in [0.29, 0.717) is 17.3 Å². The van der Waals surface area contributed by atoms with Crippen LogP contribution in [-0.2, 0) is 18.9 Å². The maximum absolute atomic E-state index is 14.3. The molecule has 4 nitrogen and oxygen atoms in total. The zero-order valence-electron chi connectivity index (χ0n) is 20.6. The molecular weight excluding hydrogens is 564 g/mol. The van der Waals surface area contributed by atoms with Crippen LogP contribution in [0.4, 0.5) is 26.3 Å². The number of hydrogen-bond acceptors (Lipinski definition) is 4. The van der Waals surface area contributed by atoms with Crippen LogP contribution in [0.3, 0.4) is 0 Å². The predicted octanol–water partition coefficient (Wildman–Crippen LogP) is 6.89. The van der Waals surface area contributed by atoms with Crippen LogP contribution in [-0.4, -0.2) is 29.7 Å². The van der Waals surface area contributed by atoms with E-state index in [4.69, 9.17) is 5.73 Å². The first-order valence-corrected chi connectivity index (χ1v) is 19.9. The number of aliphatic hydroxyl groups excluding tert-OH is 1. The molecule has 1 aromatic heterocycles. The number of aromatic nitrogens is 1. The summed E-state index contributed by atoms with van der Waals surface area (Å²) in [5.41, 5.74) is 3.67. The van der Waals surface area contributed by atoms with Gasteiger partial charge in [0.05, 0.1) is 0 Å². The van der Waals surface area contributed by atoms with Crippen LogP contribution in [0, 0.1) is 0 Å². The number of alkyl halides is 6. The van der Waals surface area contributed by atoms with Crippen LogP contribution in [0.5, 0.6) is 0 Å².